The molecule has 3 aliphatic rings. The van der Waals surface area contributed by atoms with E-state index in [1.54, 1.807) is 13.1 Å². The SMILES string of the molecule is CC(C(=O)O)n1ccc(C23CCC(CC2)OC3)n1. The van der Waals surface area contributed by atoms with E-state index in [0.29, 0.717) is 6.10 Å². The van der Waals surface area contributed by atoms with Crippen molar-refractivity contribution in [1.82, 2.24) is 9.78 Å². The summed E-state index contributed by atoms with van der Waals surface area (Å²) in [6.07, 6.45) is 6.62. The van der Waals surface area contributed by atoms with Crippen molar-refractivity contribution in [2.45, 2.75) is 50.2 Å². The fourth-order valence-electron chi connectivity index (χ4n) is 3.01. The van der Waals surface area contributed by atoms with Gasteiger partial charge < -0.3 is 9.84 Å². The molecule has 1 saturated carbocycles. The summed E-state index contributed by atoms with van der Waals surface area (Å²) in [6.45, 7) is 2.38. The molecule has 1 aromatic heterocycles. The molecule has 5 nitrogen and oxygen atoms in total. The average Bonchev–Trinajstić information content (AvgIpc) is 2.90. The molecule has 2 bridgehead atoms. The standard InChI is InChI=1S/C13H18N2O3/c1-9(12(16)17)15-7-4-11(14-15)13-5-2-10(3-6-13)18-8-13/h4,7,9-10H,2-3,5-6,8H2,1H3,(H,16,17). The molecule has 0 spiro atoms. The van der Waals surface area contributed by atoms with E-state index in [1.807, 2.05) is 6.07 Å². The third kappa shape index (κ3) is 1.73. The van der Waals surface area contributed by atoms with Crippen LogP contribution in [0.15, 0.2) is 12.3 Å². The molecule has 0 aromatic carbocycles. The Labute approximate surface area is 106 Å². The molecule has 3 heterocycles. The van der Waals surface area contributed by atoms with Gasteiger partial charge in [0.2, 0.25) is 0 Å². The van der Waals surface area contributed by atoms with Crippen molar-refractivity contribution in [2.75, 3.05) is 6.61 Å². The van der Waals surface area contributed by atoms with Crippen LogP contribution in [0.2, 0.25) is 0 Å². The lowest BCUT2D eigenvalue weighted by atomic mass is 9.69. The average molecular weight is 250 g/mol. The molecule has 5 heteroatoms. The van der Waals surface area contributed by atoms with Crippen LogP contribution < -0.4 is 0 Å². The summed E-state index contributed by atoms with van der Waals surface area (Å²) in [6, 6.07) is 1.34. The number of aliphatic carboxylic acids is 1. The zero-order valence-electron chi connectivity index (χ0n) is 10.5. The zero-order chi connectivity index (χ0) is 12.8. The Kier molecular flexibility index (Phi) is 2.66. The molecule has 0 amide bonds. The van der Waals surface area contributed by atoms with Gasteiger partial charge in [0, 0.05) is 11.6 Å². The van der Waals surface area contributed by atoms with E-state index in [4.69, 9.17) is 9.84 Å². The summed E-state index contributed by atoms with van der Waals surface area (Å²) in [5.41, 5.74) is 1.02. The van der Waals surface area contributed by atoms with E-state index in [2.05, 4.69) is 5.10 Å². The van der Waals surface area contributed by atoms with Crippen LogP contribution in [0.25, 0.3) is 0 Å². The van der Waals surface area contributed by atoms with Crippen molar-refractivity contribution >= 4 is 5.97 Å². The molecule has 0 radical (unpaired) electrons. The number of aromatic nitrogens is 2. The predicted octanol–water partition coefficient (Wildman–Crippen LogP) is 1.74. The van der Waals surface area contributed by atoms with Gasteiger partial charge in [-0.25, -0.2) is 4.79 Å². The fraction of sp³-hybridized carbons (Fsp3) is 0.692. The van der Waals surface area contributed by atoms with Crippen LogP contribution in [0.5, 0.6) is 0 Å². The second kappa shape index (κ2) is 4.09. The molecule has 1 atom stereocenters. The van der Waals surface area contributed by atoms with Gasteiger partial charge in [0.25, 0.3) is 0 Å². The van der Waals surface area contributed by atoms with Crippen LogP contribution in [0, 0.1) is 0 Å². The molecule has 4 rings (SSSR count). The maximum atomic E-state index is 11.0. The minimum atomic E-state index is -0.856. The van der Waals surface area contributed by atoms with Crippen molar-refractivity contribution < 1.29 is 14.6 Å². The molecule has 18 heavy (non-hydrogen) atoms. The molecular weight excluding hydrogens is 232 g/mol. The summed E-state index contributed by atoms with van der Waals surface area (Å²) in [5.74, 6) is -0.856. The lowest BCUT2D eigenvalue weighted by Gasteiger charge is -2.45. The fourth-order valence-corrected chi connectivity index (χ4v) is 3.01. The van der Waals surface area contributed by atoms with Crippen LogP contribution in [0.3, 0.4) is 0 Å². The van der Waals surface area contributed by atoms with Gasteiger partial charge in [0.05, 0.1) is 18.4 Å². The maximum Gasteiger partial charge on any atom is 0.328 e. The largest absolute Gasteiger partial charge is 0.480 e. The Morgan fingerprint density at radius 2 is 2.33 bits per heavy atom. The van der Waals surface area contributed by atoms with Crippen molar-refractivity contribution in [3.05, 3.63) is 18.0 Å². The van der Waals surface area contributed by atoms with Gasteiger partial charge in [-0.15, -0.1) is 0 Å². The first kappa shape index (κ1) is 11.7. The van der Waals surface area contributed by atoms with E-state index in [-0.39, 0.29) is 5.41 Å². The van der Waals surface area contributed by atoms with Gasteiger partial charge in [-0.3, -0.25) is 4.68 Å². The maximum absolute atomic E-state index is 11.0. The molecular formula is C13H18N2O3. The number of ether oxygens (including phenoxy) is 1. The Morgan fingerprint density at radius 3 is 2.89 bits per heavy atom. The smallest absolute Gasteiger partial charge is 0.328 e. The first-order valence-electron chi connectivity index (χ1n) is 6.51. The summed E-state index contributed by atoms with van der Waals surface area (Å²) < 4.78 is 7.32. The van der Waals surface area contributed by atoms with Gasteiger partial charge in [0.15, 0.2) is 0 Å². The van der Waals surface area contributed by atoms with Gasteiger partial charge in [-0.05, 0) is 38.7 Å². The Balaban J connectivity index is 1.86. The zero-order valence-corrected chi connectivity index (χ0v) is 10.5. The third-order valence-corrected chi connectivity index (χ3v) is 4.39. The Bertz CT molecular complexity index is 447. The molecule has 1 unspecified atom stereocenters. The van der Waals surface area contributed by atoms with Crippen LogP contribution in [0.1, 0.15) is 44.3 Å². The summed E-state index contributed by atoms with van der Waals surface area (Å²) in [7, 11) is 0. The summed E-state index contributed by atoms with van der Waals surface area (Å²) in [4.78, 5) is 11.0. The summed E-state index contributed by atoms with van der Waals surface area (Å²) in [5, 5.41) is 13.5. The highest BCUT2D eigenvalue weighted by Gasteiger charge is 2.44. The number of hydrogen-bond acceptors (Lipinski definition) is 3. The van der Waals surface area contributed by atoms with Crippen LogP contribution in [-0.4, -0.2) is 33.6 Å². The third-order valence-electron chi connectivity index (χ3n) is 4.39. The Morgan fingerprint density at radius 1 is 1.61 bits per heavy atom. The molecule has 1 N–H and O–H groups in total. The van der Waals surface area contributed by atoms with Crippen molar-refractivity contribution in [1.29, 1.82) is 0 Å². The number of rotatable bonds is 3. The predicted molar refractivity (Wildman–Crippen MR) is 64.5 cm³/mol. The lowest BCUT2D eigenvalue weighted by molar-refractivity contribution is -0.140. The van der Waals surface area contributed by atoms with E-state index < -0.39 is 12.0 Å². The Hall–Kier alpha value is -1.36. The quantitative estimate of drug-likeness (QED) is 0.887. The minimum Gasteiger partial charge on any atom is -0.480 e. The van der Waals surface area contributed by atoms with Crippen LogP contribution in [0.4, 0.5) is 0 Å². The monoisotopic (exact) mass is 250 g/mol. The van der Waals surface area contributed by atoms with E-state index in [9.17, 15) is 4.79 Å². The number of nitrogens with zero attached hydrogens (tertiary/aromatic N) is 2. The molecule has 3 fully saturated rings. The van der Waals surface area contributed by atoms with Gasteiger partial charge in [-0.1, -0.05) is 0 Å². The number of hydrogen-bond donors (Lipinski definition) is 1. The molecule has 1 aromatic rings. The number of fused-ring (bicyclic) bond motifs is 3. The van der Waals surface area contributed by atoms with E-state index >= 15 is 0 Å². The minimum absolute atomic E-state index is 0.0260. The molecule has 1 aliphatic carbocycles. The number of carboxylic acid groups (broad SMARTS) is 1. The highest BCUT2D eigenvalue weighted by atomic mass is 16.5. The number of carbonyl (C=O) groups is 1. The highest BCUT2D eigenvalue weighted by Crippen LogP contribution is 2.44. The van der Waals surface area contributed by atoms with Crippen LogP contribution >= 0.6 is 0 Å². The van der Waals surface area contributed by atoms with E-state index in [0.717, 1.165) is 38.0 Å². The van der Waals surface area contributed by atoms with Gasteiger partial charge in [0.1, 0.15) is 6.04 Å². The highest BCUT2D eigenvalue weighted by molar-refractivity contribution is 5.71. The number of carboxylic acids is 1. The van der Waals surface area contributed by atoms with E-state index in [1.165, 1.54) is 4.68 Å². The summed E-state index contributed by atoms with van der Waals surface area (Å²) >= 11 is 0. The van der Waals surface area contributed by atoms with Gasteiger partial charge in [-0.2, -0.15) is 5.10 Å². The van der Waals surface area contributed by atoms with Gasteiger partial charge >= 0.3 is 5.97 Å². The lowest BCUT2D eigenvalue weighted by Crippen LogP contribution is -2.46. The second-order valence-electron chi connectivity index (χ2n) is 5.49. The van der Waals surface area contributed by atoms with Crippen molar-refractivity contribution in [3.8, 4) is 0 Å². The normalized spacial score (nSPS) is 32.4. The van der Waals surface area contributed by atoms with Crippen LogP contribution in [-0.2, 0) is 14.9 Å². The first-order valence-corrected chi connectivity index (χ1v) is 6.51. The molecule has 2 aliphatic heterocycles. The topological polar surface area (TPSA) is 64.3 Å². The first-order chi connectivity index (χ1) is 8.61. The van der Waals surface area contributed by atoms with Crippen molar-refractivity contribution in [2.24, 2.45) is 0 Å². The molecule has 98 valence electrons. The van der Waals surface area contributed by atoms with Crippen molar-refractivity contribution in [3.63, 3.8) is 0 Å². The second-order valence-corrected chi connectivity index (χ2v) is 5.49. The molecule has 2 saturated heterocycles.